The van der Waals surface area contributed by atoms with Crippen molar-refractivity contribution < 1.29 is 0 Å². The number of hydrogen-bond acceptors (Lipinski definition) is 6. The minimum absolute atomic E-state index is 0.488. The van der Waals surface area contributed by atoms with E-state index in [4.69, 9.17) is 9.97 Å². The maximum Gasteiger partial charge on any atom is 0.101 e. The Morgan fingerprint density at radius 2 is 0.930 bits per heavy atom. The van der Waals surface area contributed by atoms with E-state index in [0.29, 0.717) is 11.1 Å². The van der Waals surface area contributed by atoms with E-state index in [2.05, 4.69) is 137 Å². The molecule has 5 aromatic carbocycles. The van der Waals surface area contributed by atoms with Gasteiger partial charge in [-0.25, -0.2) is 9.97 Å². The third-order valence-electron chi connectivity index (χ3n) is 11.0. The van der Waals surface area contributed by atoms with Crippen LogP contribution in [0.5, 0.6) is 0 Å². The van der Waals surface area contributed by atoms with E-state index in [1.165, 1.54) is 11.1 Å². The maximum absolute atomic E-state index is 9.59. The van der Waals surface area contributed by atoms with E-state index in [1.54, 1.807) is 24.8 Å². The van der Waals surface area contributed by atoms with Gasteiger partial charge in [-0.1, -0.05) is 109 Å². The lowest BCUT2D eigenvalue weighted by Gasteiger charge is -2.34. The van der Waals surface area contributed by atoms with Crippen molar-refractivity contribution in [2.24, 2.45) is 0 Å². The summed E-state index contributed by atoms with van der Waals surface area (Å²) in [6.45, 7) is 0. The normalized spacial score (nSPS) is 12.3. The zero-order valence-corrected chi connectivity index (χ0v) is 30.5. The van der Waals surface area contributed by atoms with Gasteiger partial charge in [0.1, 0.15) is 12.1 Å². The molecule has 0 N–H and O–H groups in total. The van der Waals surface area contributed by atoms with Gasteiger partial charge in [-0.05, 0) is 92.7 Å². The highest BCUT2D eigenvalue weighted by molar-refractivity contribution is 6.10. The number of nitriles is 2. The summed E-state index contributed by atoms with van der Waals surface area (Å²) >= 11 is 0. The van der Waals surface area contributed by atoms with Gasteiger partial charge in [-0.3, -0.25) is 9.97 Å². The Bertz CT molecular complexity index is 3070. The summed E-state index contributed by atoms with van der Waals surface area (Å²) in [4.78, 5) is 19.0. The highest BCUT2D eigenvalue weighted by Crippen LogP contribution is 2.59. The molecule has 1 aliphatic carbocycles. The number of benzene rings is 5. The number of aromatic nitrogens is 4. The molecular weight excluding hydrogens is 697 g/mol. The molecule has 0 amide bonds. The van der Waals surface area contributed by atoms with E-state index in [1.807, 2.05) is 42.5 Å². The van der Waals surface area contributed by atoms with Crippen molar-refractivity contribution in [3.8, 4) is 68.3 Å². The molecule has 9 aromatic rings. The van der Waals surface area contributed by atoms with Crippen LogP contribution in [0.1, 0.15) is 33.4 Å². The Morgan fingerprint density at radius 3 is 1.53 bits per heavy atom. The van der Waals surface area contributed by atoms with Crippen LogP contribution in [0.4, 0.5) is 0 Å². The van der Waals surface area contributed by atoms with Crippen molar-refractivity contribution >= 4 is 10.8 Å². The molecular formula is C51H30N6. The molecule has 6 heteroatoms. The van der Waals surface area contributed by atoms with Crippen LogP contribution in [0.25, 0.3) is 66.9 Å². The fraction of sp³-hybridized carbons (Fsp3) is 0.0196. The molecule has 4 heterocycles. The van der Waals surface area contributed by atoms with Crippen molar-refractivity contribution in [2.45, 2.75) is 5.41 Å². The standard InChI is InChI=1S/C51H30N6/c52-27-33-23-36(31-54-29-33)47-18-9-17-46(56-47)35-21-22-42-44(25-35)51(38-11-3-1-4-12-38,39-13-5-2-6-14-39)45-26-43(40-15-7-8-16-41(40)50(42)45)49-20-10-19-48(57-49)37-24-34(28-53)30-55-32-37/h1-26,29-32H. The first kappa shape index (κ1) is 33.5. The summed E-state index contributed by atoms with van der Waals surface area (Å²) in [6, 6.07) is 59.3. The Labute approximate surface area is 329 Å². The van der Waals surface area contributed by atoms with Gasteiger partial charge < -0.3 is 0 Å². The van der Waals surface area contributed by atoms with Gasteiger partial charge in [0.15, 0.2) is 0 Å². The van der Waals surface area contributed by atoms with E-state index in [0.717, 1.165) is 78.1 Å². The molecule has 57 heavy (non-hydrogen) atoms. The Hall–Kier alpha value is -8.06. The van der Waals surface area contributed by atoms with E-state index >= 15 is 0 Å². The third-order valence-corrected chi connectivity index (χ3v) is 11.0. The third kappa shape index (κ3) is 5.48. The lowest BCUT2D eigenvalue weighted by molar-refractivity contribution is 0.769. The van der Waals surface area contributed by atoms with Gasteiger partial charge in [0, 0.05) is 47.0 Å². The topological polar surface area (TPSA) is 99.1 Å². The summed E-state index contributed by atoms with van der Waals surface area (Å²) in [5.74, 6) is 0. The number of fused-ring (bicyclic) bond motifs is 5. The molecule has 10 rings (SSSR count). The minimum Gasteiger partial charge on any atom is -0.263 e. The monoisotopic (exact) mass is 726 g/mol. The second kappa shape index (κ2) is 13.7. The fourth-order valence-corrected chi connectivity index (χ4v) is 8.50. The Morgan fingerprint density at radius 1 is 0.404 bits per heavy atom. The zero-order valence-electron chi connectivity index (χ0n) is 30.5. The van der Waals surface area contributed by atoms with Crippen molar-refractivity contribution in [3.05, 3.63) is 216 Å². The van der Waals surface area contributed by atoms with Crippen LogP contribution in [0, 0.1) is 22.7 Å². The average Bonchev–Trinajstić information content (AvgIpc) is 3.60. The number of pyridine rings is 4. The fourth-order valence-electron chi connectivity index (χ4n) is 8.50. The first-order valence-electron chi connectivity index (χ1n) is 18.6. The first-order valence-corrected chi connectivity index (χ1v) is 18.6. The predicted octanol–water partition coefficient (Wildman–Crippen LogP) is 11.2. The lowest BCUT2D eigenvalue weighted by Crippen LogP contribution is -2.28. The summed E-state index contributed by atoms with van der Waals surface area (Å²) in [7, 11) is 0. The van der Waals surface area contributed by atoms with E-state index < -0.39 is 5.41 Å². The highest BCUT2D eigenvalue weighted by Gasteiger charge is 2.47. The highest BCUT2D eigenvalue weighted by atomic mass is 14.7. The van der Waals surface area contributed by atoms with Crippen LogP contribution in [0.15, 0.2) is 183 Å². The molecule has 6 nitrogen and oxygen atoms in total. The molecule has 0 saturated heterocycles. The molecule has 0 radical (unpaired) electrons. The molecule has 4 aromatic heterocycles. The molecule has 0 spiro atoms. The second-order valence-corrected chi connectivity index (χ2v) is 14.1. The number of nitrogens with zero attached hydrogens (tertiary/aromatic N) is 6. The van der Waals surface area contributed by atoms with E-state index in [-0.39, 0.29) is 0 Å². The maximum atomic E-state index is 9.59. The summed E-state index contributed by atoms with van der Waals surface area (Å²) in [6.07, 6.45) is 6.63. The summed E-state index contributed by atoms with van der Waals surface area (Å²) < 4.78 is 0. The summed E-state index contributed by atoms with van der Waals surface area (Å²) in [5, 5.41) is 21.4. The largest absolute Gasteiger partial charge is 0.263 e. The van der Waals surface area contributed by atoms with Gasteiger partial charge >= 0.3 is 0 Å². The lowest BCUT2D eigenvalue weighted by atomic mass is 9.67. The van der Waals surface area contributed by atoms with E-state index in [9.17, 15) is 10.5 Å². The van der Waals surface area contributed by atoms with Crippen LogP contribution in [0.3, 0.4) is 0 Å². The van der Waals surface area contributed by atoms with Gasteiger partial charge in [0.2, 0.25) is 0 Å². The molecule has 264 valence electrons. The van der Waals surface area contributed by atoms with Gasteiger partial charge in [-0.15, -0.1) is 0 Å². The second-order valence-electron chi connectivity index (χ2n) is 14.1. The van der Waals surface area contributed by atoms with Crippen LogP contribution < -0.4 is 0 Å². The van der Waals surface area contributed by atoms with Crippen LogP contribution in [-0.4, -0.2) is 19.9 Å². The zero-order chi connectivity index (χ0) is 38.3. The van der Waals surface area contributed by atoms with Crippen molar-refractivity contribution in [1.82, 2.24) is 19.9 Å². The molecule has 0 aliphatic heterocycles. The van der Waals surface area contributed by atoms with Crippen LogP contribution in [-0.2, 0) is 5.41 Å². The molecule has 0 atom stereocenters. The van der Waals surface area contributed by atoms with Crippen LogP contribution in [0.2, 0.25) is 0 Å². The average molecular weight is 727 g/mol. The Kier molecular flexibility index (Phi) is 8.03. The molecule has 0 fully saturated rings. The van der Waals surface area contributed by atoms with Gasteiger partial charge in [0.25, 0.3) is 0 Å². The SMILES string of the molecule is N#Cc1cncc(-c2cccc(-c3ccc4c(c3)C(c3ccccc3)(c3ccccc3)c3cc(-c5cccc(-c6cncc(C#N)c6)n5)c5ccccc5c3-4)n2)c1. The van der Waals surface area contributed by atoms with Gasteiger partial charge in [-0.2, -0.15) is 10.5 Å². The number of hydrogen-bond donors (Lipinski definition) is 0. The molecule has 0 bridgehead atoms. The van der Waals surface area contributed by atoms with Crippen molar-refractivity contribution in [2.75, 3.05) is 0 Å². The molecule has 0 saturated carbocycles. The quantitative estimate of drug-likeness (QED) is 0.169. The smallest absolute Gasteiger partial charge is 0.101 e. The molecule has 1 aliphatic rings. The van der Waals surface area contributed by atoms with Crippen molar-refractivity contribution in [3.63, 3.8) is 0 Å². The minimum atomic E-state index is -0.701. The predicted molar refractivity (Wildman–Crippen MR) is 224 cm³/mol. The molecule has 0 unspecified atom stereocenters. The first-order chi connectivity index (χ1) is 28.1. The summed E-state index contributed by atoms with van der Waals surface area (Å²) in [5.41, 5.74) is 14.0. The van der Waals surface area contributed by atoms with Crippen molar-refractivity contribution in [1.29, 1.82) is 10.5 Å². The number of rotatable bonds is 6. The van der Waals surface area contributed by atoms with Crippen LogP contribution >= 0.6 is 0 Å². The Balaban J connectivity index is 1.25. The van der Waals surface area contributed by atoms with Gasteiger partial charge in [0.05, 0.1) is 39.3 Å².